The third-order valence-electron chi connectivity index (χ3n) is 5.45. The van der Waals surface area contributed by atoms with E-state index in [4.69, 9.17) is 9.47 Å². The zero-order chi connectivity index (χ0) is 27.7. The number of amides is 2. The van der Waals surface area contributed by atoms with Crippen LogP contribution >= 0.6 is 11.3 Å². The smallest absolute Gasteiger partial charge is 0.341 e. The second-order valence-electron chi connectivity index (χ2n) is 8.27. The number of carbonyl (C=O) groups is 5. The van der Waals surface area contributed by atoms with Gasteiger partial charge in [0.1, 0.15) is 11.0 Å². The number of Topliss-reactive ketones (excluding diaryl/α,β-unsaturated/α-hetero) is 1. The van der Waals surface area contributed by atoms with Crippen molar-refractivity contribution in [3.05, 3.63) is 87.8 Å². The maximum atomic E-state index is 12.9. The number of ketones is 1. The van der Waals surface area contributed by atoms with E-state index in [1.54, 1.807) is 44.2 Å². The highest BCUT2D eigenvalue weighted by Crippen LogP contribution is 2.34. The molecule has 2 N–H and O–H groups in total. The molecule has 0 saturated heterocycles. The van der Waals surface area contributed by atoms with Crippen LogP contribution in [0.5, 0.6) is 0 Å². The van der Waals surface area contributed by atoms with Gasteiger partial charge in [-0.15, -0.1) is 11.3 Å². The molecular formula is C28H28N2O7S. The van der Waals surface area contributed by atoms with Crippen LogP contribution in [0.15, 0.2) is 60.7 Å². The second-order valence-corrected chi connectivity index (χ2v) is 9.30. The summed E-state index contributed by atoms with van der Waals surface area (Å²) in [5, 5.41) is 5.34. The van der Waals surface area contributed by atoms with E-state index in [9.17, 15) is 24.0 Å². The molecule has 10 heteroatoms. The van der Waals surface area contributed by atoms with Crippen molar-refractivity contribution in [3.63, 3.8) is 0 Å². The summed E-state index contributed by atoms with van der Waals surface area (Å²) in [6, 6.07) is 16.4. The van der Waals surface area contributed by atoms with Crippen LogP contribution in [0.3, 0.4) is 0 Å². The van der Waals surface area contributed by atoms with Gasteiger partial charge in [-0.25, -0.2) is 9.59 Å². The molecule has 0 radical (unpaired) electrons. The molecule has 1 atom stereocenters. The predicted molar refractivity (Wildman–Crippen MR) is 142 cm³/mol. The number of hydrogen-bond donors (Lipinski definition) is 2. The molecule has 0 bridgehead atoms. The first kappa shape index (κ1) is 28.3. The van der Waals surface area contributed by atoms with Gasteiger partial charge in [-0.3, -0.25) is 14.4 Å². The number of esters is 2. The van der Waals surface area contributed by atoms with Gasteiger partial charge in [-0.05, 0) is 44.0 Å². The minimum Gasteiger partial charge on any atom is -0.462 e. The molecule has 2 amide bonds. The van der Waals surface area contributed by atoms with E-state index in [2.05, 4.69) is 10.6 Å². The molecule has 9 nitrogen and oxygen atoms in total. The highest BCUT2D eigenvalue weighted by atomic mass is 32.1. The molecule has 0 aliphatic heterocycles. The second kappa shape index (κ2) is 13.3. The van der Waals surface area contributed by atoms with E-state index in [0.29, 0.717) is 16.0 Å². The number of hydrogen-bond acceptors (Lipinski definition) is 8. The zero-order valence-electron chi connectivity index (χ0n) is 21.2. The first-order chi connectivity index (χ1) is 18.2. The Morgan fingerprint density at radius 3 is 2.16 bits per heavy atom. The zero-order valence-corrected chi connectivity index (χ0v) is 22.1. The van der Waals surface area contributed by atoms with Crippen molar-refractivity contribution in [2.75, 3.05) is 18.5 Å². The van der Waals surface area contributed by atoms with E-state index < -0.39 is 36.4 Å². The summed E-state index contributed by atoms with van der Waals surface area (Å²) in [6.45, 7) is 4.05. The summed E-state index contributed by atoms with van der Waals surface area (Å²) >= 11 is 0.945. The van der Waals surface area contributed by atoms with Crippen molar-refractivity contribution in [1.29, 1.82) is 0 Å². The van der Waals surface area contributed by atoms with Gasteiger partial charge in [-0.1, -0.05) is 48.5 Å². The lowest BCUT2D eigenvalue weighted by Crippen LogP contribution is -2.44. The first-order valence-corrected chi connectivity index (χ1v) is 12.7. The molecule has 198 valence electrons. The molecular weight excluding hydrogens is 508 g/mol. The number of ether oxygens (including phenoxy) is 2. The van der Waals surface area contributed by atoms with Crippen LogP contribution in [-0.4, -0.2) is 48.8 Å². The summed E-state index contributed by atoms with van der Waals surface area (Å²) in [5.41, 5.74) is 1.65. The third kappa shape index (κ3) is 7.36. The molecule has 38 heavy (non-hydrogen) atoms. The van der Waals surface area contributed by atoms with Crippen LogP contribution in [0.1, 0.15) is 55.4 Å². The van der Waals surface area contributed by atoms with Crippen LogP contribution in [0.2, 0.25) is 0 Å². The molecule has 0 spiro atoms. The van der Waals surface area contributed by atoms with Crippen LogP contribution in [0, 0.1) is 6.92 Å². The molecule has 0 fully saturated rings. The summed E-state index contributed by atoms with van der Waals surface area (Å²) < 4.78 is 10.3. The van der Waals surface area contributed by atoms with E-state index in [-0.39, 0.29) is 29.4 Å². The molecule has 0 saturated carbocycles. The van der Waals surface area contributed by atoms with Gasteiger partial charge in [0.25, 0.3) is 11.8 Å². The van der Waals surface area contributed by atoms with Gasteiger partial charge in [0.05, 0.1) is 17.0 Å². The number of carbonyl (C=O) groups excluding carboxylic acids is 5. The van der Waals surface area contributed by atoms with Crippen LogP contribution in [0.25, 0.3) is 0 Å². The summed E-state index contributed by atoms with van der Waals surface area (Å²) in [6.07, 6.45) is 0.152. The van der Waals surface area contributed by atoms with Crippen LogP contribution in [0.4, 0.5) is 5.00 Å². The fraction of sp³-hybridized carbons (Fsp3) is 0.250. The molecule has 2 aromatic carbocycles. The molecule has 1 unspecified atom stereocenters. The molecule has 0 aliphatic carbocycles. The topological polar surface area (TPSA) is 128 Å². The highest BCUT2D eigenvalue weighted by molar-refractivity contribution is 7.18. The lowest BCUT2D eigenvalue weighted by atomic mass is 10.1. The molecule has 3 rings (SSSR count). The molecule has 3 aromatic rings. The Kier molecular flexibility index (Phi) is 9.89. The number of rotatable bonds is 11. The third-order valence-corrected chi connectivity index (χ3v) is 6.76. The predicted octanol–water partition coefficient (Wildman–Crippen LogP) is 3.96. The van der Waals surface area contributed by atoms with E-state index in [1.165, 1.54) is 6.92 Å². The minimum atomic E-state index is -1.05. The van der Waals surface area contributed by atoms with Gasteiger partial charge in [0, 0.05) is 12.0 Å². The Balaban J connectivity index is 1.72. The monoisotopic (exact) mass is 536 g/mol. The van der Waals surface area contributed by atoms with Crippen molar-refractivity contribution < 1.29 is 33.4 Å². The van der Waals surface area contributed by atoms with E-state index >= 15 is 0 Å². The maximum absolute atomic E-state index is 12.9. The van der Waals surface area contributed by atoms with Gasteiger partial charge in [-0.2, -0.15) is 0 Å². The van der Waals surface area contributed by atoms with Crippen molar-refractivity contribution in [2.45, 2.75) is 33.2 Å². The Morgan fingerprint density at radius 2 is 1.55 bits per heavy atom. The van der Waals surface area contributed by atoms with Crippen molar-refractivity contribution in [1.82, 2.24) is 5.32 Å². The highest BCUT2D eigenvalue weighted by Gasteiger charge is 2.27. The first-order valence-electron chi connectivity index (χ1n) is 11.9. The quantitative estimate of drug-likeness (QED) is 0.280. The lowest BCUT2D eigenvalue weighted by molar-refractivity contribution is -0.149. The molecule has 1 aromatic heterocycles. The van der Waals surface area contributed by atoms with Crippen LogP contribution < -0.4 is 10.6 Å². The van der Waals surface area contributed by atoms with E-state index in [0.717, 1.165) is 16.9 Å². The average Bonchev–Trinajstić information content (AvgIpc) is 3.23. The summed E-state index contributed by atoms with van der Waals surface area (Å²) in [4.78, 5) is 63.0. The van der Waals surface area contributed by atoms with Gasteiger partial charge in [0.2, 0.25) is 0 Å². The lowest BCUT2D eigenvalue weighted by Gasteiger charge is -2.18. The van der Waals surface area contributed by atoms with Crippen molar-refractivity contribution in [2.24, 2.45) is 0 Å². The van der Waals surface area contributed by atoms with Gasteiger partial charge < -0.3 is 20.1 Å². The van der Waals surface area contributed by atoms with Crippen LogP contribution in [-0.2, 0) is 25.5 Å². The molecule has 0 aliphatic rings. The normalized spacial score (nSPS) is 11.2. The number of thiophene rings is 1. The Labute approximate surface area is 224 Å². The van der Waals surface area contributed by atoms with Crippen molar-refractivity contribution >= 4 is 45.9 Å². The summed E-state index contributed by atoms with van der Waals surface area (Å²) in [7, 11) is 0. The maximum Gasteiger partial charge on any atom is 0.341 e. The Morgan fingerprint density at radius 1 is 0.921 bits per heavy atom. The number of nitrogens with one attached hydrogen (secondary N) is 2. The number of anilines is 1. The van der Waals surface area contributed by atoms with Gasteiger partial charge >= 0.3 is 11.9 Å². The largest absolute Gasteiger partial charge is 0.462 e. The molecule has 1 heterocycles. The fourth-order valence-electron chi connectivity index (χ4n) is 3.66. The standard InChI is InChI=1S/C28H28N2O7S/c1-4-36-28(35)23-17(2)24(18(3)31)38-26(23)30-22(32)16-37-27(34)21(15-19-11-7-5-8-12-19)29-25(33)20-13-9-6-10-14-20/h5-14,21H,4,15-16H2,1-3H3,(H,29,33)(H,30,32). The Bertz CT molecular complexity index is 1320. The van der Waals surface area contributed by atoms with E-state index in [1.807, 2.05) is 30.3 Å². The van der Waals surface area contributed by atoms with Gasteiger partial charge in [0.15, 0.2) is 12.4 Å². The summed E-state index contributed by atoms with van der Waals surface area (Å²) in [5.74, 6) is -2.91. The Hall–Kier alpha value is -4.31. The minimum absolute atomic E-state index is 0.0822. The fourth-order valence-corrected chi connectivity index (χ4v) is 4.77. The average molecular weight is 537 g/mol. The van der Waals surface area contributed by atoms with Crippen molar-refractivity contribution in [3.8, 4) is 0 Å². The SMILES string of the molecule is CCOC(=O)c1c(NC(=O)COC(=O)C(Cc2ccccc2)NC(=O)c2ccccc2)sc(C(C)=O)c1C. The number of benzene rings is 2.